The van der Waals surface area contributed by atoms with Gasteiger partial charge in [-0.3, -0.25) is 14.7 Å². The van der Waals surface area contributed by atoms with Gasteiger partial charge in [0.05, 0.1) is 11.7 Å². The quantitative estimate of drug-likeness (QED) is 0.182. The number of rotatable bonds is 14. The van der Waals surface area contributed by atoms with E-state index < -0.39 is 6.04 Å². The number of hydrogen-bond acceptors (Lipinski definition) is 5. The fraction of sp³-hybridized carbons (Fsp3) is 0.281. The highest BCUT2D eigenvalue weighted by Crippen LogP contribution is 2.25. The average Bonchev–Trinajstić information content (AvgIpc) is 3.51. The summed E-state index contributed by atoms with van der Waals surface area (Å²) in [6.45, 7) is 1.87. The van der Waals surface area contributed by atoms with Crippen LogP contribution in [-0.4, -0.2) is 66.2 Å². The molecule has 5 N–H and O–H groups in total. The second kappa shape index (κ2) is 14.8. The third-order valence-electron chi connectivity index (χ3n) is 6.92. The normalized spacial score (nSPS) is 11.8. The highest BCUT2D eigenvalue weighted by atomic mass is 16.2. The Hall–Kier alpha value is -4.27. The van der Waals surface area contributed by atoms with Crippen LogP contribution in [0.5, 0.6) is 0 Å². The summed E-state index contributed by atoms with van der Waals surface area (Å²) in [5.74, 6) is -0.175. The van der Waals surface area contributed by atoms with Crippen molar-refractivity contribution < 1.29 is 9.59 Å². The number of hydrogen-bond donors (Lipinski definition) is 4. The fourth-order valence-corrected chi connectivity index (χ4v) is 4.75. The predicted octanol–water partition coefficient (Wildman–Crippen LogP) is 3.79. The third kappa shape index (κ3) is 7.88. The van der Waals surface area contributed by atoms with E-state index in [0.29, 0.717) is 44.0 Å². The molecule has 4 aromatic rings. The summed E-state index contributed by atoms with van der Waals surface area (Å²) in [6, 6.07) is 31.5. The van der Waals surface area contributed by atoms with Crippen molar-refractivity contribution in [1.29, 1.82) is 0 Å². The van der Waals surface area contributed by atoms with E-state index in [0.717, 1.165) is 23.1 Å². The first-order chi connectivity index (χ1) is 19.6. The molecule has 0 aliphatic heterocycles. The summed E-state index contributed by atoms with van der Waals surface area (Å²) in [4.78, 5) is 28.0. The first-order valence-electron chi connectivity index (χ1n) is 13.7. The minimum Gasteiger partial charge on any atom is -0.349 e. The van der Waals surface area contributed by atoms with Gasteiger partial charge in [-0.2, -0.15) is 5.10 Å². The monoisotopic (exact) mass is 538 g/mol. The molecule has 2 amide bonds. The number of carbonyl (C=O) groups is 2. The van der Waals surface area contributed by atoms with Crippen LogP contribution >= 0.6 is 0 Å². The minimum absolute atomic E-state index is 0.0118. The van der Waals surface area contributed by atoms with Crippen molar-refractivity contribution in [3.05, 3.63) is 114 Å². The van der Waals surface area contributed by atoms with Crippen LogP contribution in [0.1, 0.15) is 40.4 Å². The molecule has 1 aromatic heterocycles. The van der Waals surface area contributed by atoms with Crippen molar-refractivity contribution in [3.8, 4) is 11.3 Å². The van der Waals surface area contributed by atoms with Gasteiger partial charge in [-0.15, -0.1) is 0 Å². The largest absolute Gasteiger partial charge is 0.349 e. The molecule has 4 rings (SSSR count). The summed E-state index contributed by atoms with van der Waals surface area (Å²) in [6.07, 6.45) is 1.34. The van der Waals surface area contributed by atoms with Crippen molar-refractivity contribution in [3.63, 3.8) is 0 Å². The van der Waals surface area contributed by atoms with Crippen molar-refractivity contribution in [2.75, 3.05) is 33.2 Å². The van der Waals surface area contributed by atoms with Gasteiger partial charge in [0, 0.05) is 38.2 Å². The van der Waals surface area contributed by atoms with Gasteiger partial charge in [0.25, 0.3) is 5.91 Å². The number of H-pyrrole nitrogens is 1. The molecular weight excluding hydrogens is 500 g/mol. The molecule has 3 aromatic carbocycles. The van der Waals surface area contributed by atoms with Gasteiger partial charge >= 0.3 is 0 Å². The van der Waals surface area contributed by atoms with Crippen LogP contribution in [0.15, 0.2) is 97.1 Å². The van der Waals surface area contributed by atoms with Crippen molar-refractivity contribution >= 4 is 11.8 Å². The molecule has 1 heterocycles. The van der Waals surface area contributed by atoms with Crippen LogP contribution in [0.3, 0.4) is 0 Å². The van der Waals surface area contributed by atoms with Gasteiger partial charge in [0.2, 0.25) is 5.91 Å². The molecule has 0 spiro atoms. The van der Waals surface area contributed by atoms with E-state index in [1.54, 1.807) is 11.0 Å². The number of nitrogens with zero attached hydrogens (tertiary/aromatic N) is 2. The maximum atomic E-state index is 13.6. The van der Waals surface area contributed by atoms with Crippen molar-refractivity contribution in [1.82, 2.24) is 25.7 Å². The van der Waals surface area contributed by atoms with Gasteiger partial charge in [0.15, 0.2) is 0 Å². The third-order valence-corrected chi connectivity index (χ3v) is 6.92. The number of nitrogens with one attached hydrogen (secondary N) is 3. The van der Waals surface area contributed by atoms with Crippen molar-refractivity contribution in [2.45, 2.75) is 24.8 Å². The predicted molar refractivity (Wildman–Crippen MR) is 159 cm³/mol. The fourth-order valence-electron chi connectivity index (χ4n) is 4.75. The molecule has 1 atom stereocenters. The lowest BCUT2D eigenvalue weighted by molar-refractivity contribution is -0.132. The molecule has 0 radical (unpaired) electrons. The van der Waals surface area contributed by atoms with Crippen LogP contribution in [0, 0.1) is 0 Å². The first kappa shape index (κ1) is 28.7. The Morgan fingerprint density at radius 1 is 0.900 bits per heavy atom. The standard InChI is InChI=1S/C32H38N6O2/c1-38(23-27(24-12-5-2-6-13-24)25-14-7-3-8-15-25)32(40)28(18-11-19-33)34-20-21-35-31(39)30-22-29(36-37-30)26-16-9-4-10-17-26/h2-10,12-17,22,27-28,34H,11,18-21,23,33H2,1H3,(H,35,39)(H,36,37)/t28-/m0/s1. The Kier molecular flexibility index (Phi) is 10.6. The van der Waals surface area contributed by atoms with E-state index in [1.807, 2.05) is 73.8 Å². The van der Waals surface area contributed by atoms with Crippen LogP contribution < -0.4 is 16.4 Å². The number of likely N-dealkylation sites (N-methyl/N-ethyl adjacent to an activating group) is 1. The van der Waals surface area contributed by atoms with Gasteiger partial charge < -0.3 is 21.3 Å². The maximum absolute atomic E-state index is 13.6. The molecule has 8 heteroatoms. The summed E-state index contributed by atoms with van der Waals surface area (Å²) >= 11 is 0. The number of aromatic nitrogens is 2. The molecule has 0 saturated carbocycles. The Morgan fingerprint density at radius 2 is 1.50 bits per heavy atom. The molecule has 8 nitrogen and oxygen atoms in total. The van der Waals surface area contributed by atoms with E-state index in [9.17, 15) is 9.59 Å². The SMILES string of the molecule is CN(CC(c1ccccc1)c1ccccc1)C(=O)[C@H](CCCN)NCCNC(=O)c1cc(-c2ccccc2)n[nH]1. The average molecular weight is 539 g/mol. The summed E-state index contributed by atoms with van der Waals surface area (Å²) < 4.78 is 0. The molecule has 0 unspecified atom stereocenters. The van der Waals surface area contributed by atoms with Gasteiger partial charge in [-0.25, -0.2) is 0 Å². The summed E-state index contributed by atoms with van der Waals surface area (Å²) in [7, 11) is 1.85. The van der Waals surface area contributed by atoms with Gasteiger partial charge in [-0.1, -0.05) is 91.0 Å². The molecule has 208 valence electrons. The van der Waals surface area contributed by atoms with E-state index in [1.165, 1.54) is 0 Å². The molecule has 0 aliphatic rings. The van der Waals surface area contributed by atoms with E-state index in [2.05, 4.69) is 45.1 Å². The van der Waals surface area contributed by atoms with E-state index in [-0.39, 0.29) is 17.7 Å². The second-order valence-electron chi connectivity index (χ2n) is 9.82. The number of benzene rings is 3. The van der Waals surface area contributed by atoms with E-state index in [4.69, 9.17) is 5.73 Å². The topological polar surface area (TPSA) is 116 Å². The Bertz CT molecular complexity index is 1290. The molecule has 0 bridgehead atoms. The Balaban J connectivity index is 1.33. The summed E-state index contributed by atoms with van der Waals surface area (Å²) in [5.41, 5.74) is 10.1. The molecule has 0 fully saturated rings. The van der Waals surface area contributed by atoms with E-state index >= 15 is 0 Å². The van der Waals surface area contributed by atoms with Gasteiger partial charge in [-0.05, 0) is 36.6 Å². The molecule has 0 aliphatic carbocycles. The number of carbonyl (C=O) groups excluding carboxylic acids is 2. The lowest BCUT2D eigenvalue weighted by Gasteiger charge is -2.29. The maximum Gasteiger partial charge on any atom is 0.269 e. The van der Waals surface area contributed by atoms with Crippen LogP contribution in [0.25, 0.3) is 11.3 Å². The van der Waals surface area contributed by atoms with Crippen LogP contribution in [-0.2, 0) is 4.79 Å². The number of aromatic amines is 1. The second-order valence-corrected chi connectivity index (χ2v) is 9.82. The van der Waals surface area contributed by atoms with Gasteiger partial charge in [0.1, 0.15) is 5.69 Å². The molecular formula is C32H38N6O2. The lowest BCUT2D eigenvalue weighted by Crippen LogP contribution is -2.48. The Morgan fingerprint density at radius 3 is 2.10 bits per heavy atom. The zero-order valence-electron chi connectivity index (χ0n) is 22.9. The van der Waals surface area contributed by atoms with Crippen molar-refractivity contribution in [2.24, 2.45) is 5.73 Å². The Labute approximate surface area is 236 Å². The number of nitrogens with two attached hydrogens (primary N) is 1. The highest BCUT2D eigenvalue weighted by Gasteiger charge is 2.25. The highest BCUT2D eigenvalue weighted by molar-refractivity contribution is 5.93. The zero-order valence-corrected chi connectivity index (χ0v) is 22.9. The minimum atomic E-state index is -0.394. The molecule has 0 saturated heterocycles. The first-order valence-corrected chi connectivity index (χ1v) is 13.7. The zero-order chi connectivity index (χ0) is 28.2. The van der Waals surface area contributed by atoms with Crippen LogP contribution in [0.2, 0.25) is 0 Å². The summed E-state index contributed by atoms with van der Waals surface area (Å²) in [5, 5.41) is 13.3. The lowest BCUT2D eigenvalue weighted by atomic mass is 9.90. The smallest absolute Gasteiger partial charge is 0.269 e. The number of amides is 2. The van der Waals surface area contributed by atoms with Crippen LogP contribution in [0.4, 0.5) is 0 Å². The molecule has 40 heavy (non-hydrogen) atoms.